The number of hydrogen-bond donors (Lipinski definition) is 3. The standard InChI is InChI=1S/C9H15N3O2S/c10-8-1-2-9(11-7-8)12-3-5-15(13,14)6-4-12/h1-2,7,13-14H,3-6,10H2. The van der Waals surface area contributed by atoms with Gasteiger partial charge in [0.05, 0.1) is 23.4 Å². The summed E-state index contributed by atoms with van der Waals surface area (Å²) in [4.78, 5) is 6.24. The van der Waals surface area contributed by atoms with E-state index < -0.39 is 10.6 Å². The van der Waals surface area contributed by atoms with E-state index in [-0.39, 0.29) is 0 Å². The van der Waals surface area contributed by atoms with Gasteiger partial charge < -0.3 is 10.6 Å². The van der Waals surface area contributed by atoms with Gasteiger partial charge in [-0.2, -0.15) is 10.6 Å². The number of nitrogen functional groups attached to an aromatic ring is 1. The number of anilines is 2. The van der Waals surface area contributed by atoms with Crippen LogP contribution in [0.25, 0.3) is 0 Å². The highest BCUT2D eigenvalue weighted by molar-refractivity contribution is 8.24. The maximum absolute atomic E-state index is 9.46. The highest BCUT2D eigenvalue weighted by atomic mass is 32.3. The maximum Gasteiger partial charge on any atom is 0.128 e. The van der Waals surface area contributed by atoms with Crippen LogP contribution in [0.15, 0.2) is 18.3 Å². The summed E-state index contributed by atoms with van der Waals surface area (Å²) in [6, 6.07) is 3.65. The number of nitrogens with zero attached hydrogens (tertiary/aromatic N) is 2. The Labute approximate surface area is 90.3 Å². The van der Waals surface area contributed by atoms with Gasteiger partial charge >= 0.3 is 0 Å². The second-order valence-electron chi connectivity index (χ2n) is 3.65. The molecule has 4 N–H and O–H groups in total. The van der Waals surface area contributed by atoms with Crippen molar-refractivity contribution in [2.24, 2.45) is 0 Å². The van der Waals surface area contributed by atoms with Crippen molar-refractivity contribution in [3.05, 3.63) is 18.3 Å². The first-order chi connectivity index (χ1) is 7.07. The molecule has 1 saturated heterocycles. The van der Waals surface area contributed by atoms with E-state index in [2.05, 4.69) is 4.98 Å². The SMILES string of the molecule is Nc1ccc(N2CCS(O)(O)CC2)nc1. The predicted molar refractivity (Wildman–Crippen MR) is 63.4 cm³/mol. The van der Waals surface area contributed by atoms with Crippen LogP contribution in [0.3, 0.4) is 0 Å². The first-order valence-electron chi connectivity index (χ1n) is 4.77. The van der Waals surface area contributed by atoms with Crippen molar-refractivity contribution < 1.29 is 9.11 Å². The summed E-state index contributed by atoms with van der Waals surface area (Å²) < 4.78 is 18.9. The smallest absolute Gasteiger partial charge is 0.128 e. The van der Waals surface area contributed by atoms with Crippen LogP contribution in [0.5, 0.6) is 0 Å². The second kappa shape index (κ2) is 3.88. The van der Waals surface area contributed by atoms with Crippen LogP contribution in [-0.4, -0.2) is 38.7 Å². The molecule has 0 bridgehead atoms. The molecule has 15 heavy (non-hydrogen) atoms. The van der Waals surface area contributed by atoms with E-state index in [9.17, 15) is 9.11 Å². The summed E-state index contributed by atoms with van der Waals surface area (Å²) in [6.07, 6.45) is 1.61. The average Bonchev–Trinajstić information content (AvgIpc) is 2.20. The van der Waals surface area contributed by atoms with Crippen molar-refractivity contribution in [3.8, 4) is 0 Å². The molecule has 0 spiro atoms. The summed E-state index contributed by atoms with van der Waals surface area (Å²) in [6.45, 7) is 1.28. The molecule has 5 nitrogen and oxygen atoms in total. The van der Waals surface area contributed by atoms with Gasteiger partial charge in [-0.15, -0.1) is 0 Å². The molecule has 0 unspecified atom stereocenters. The Morgan fingerprint density at radius 2 is 1.93 bits per heavy atom. The van der Waals surface area contributed by atoms with Crippen LogP contribution in [0.2, 0.25) is 0 Å². The Morgan fingerprint density at radius 3 is 2.47 bits per heavy atom. The Kier molecular flexibility index (Phi) is 2.72. The summed E-state index contributed by atoms with van der Waals surface area (Å²) in [5.74, 6) is 1.71. The zero-order chi connectivity index (χ0) is 10.9. The molecular formula is C9H15N3O2S. The fourth-order valence-corrected chi connectivity index (χ4v) is 2.77. The summed E-state index contributed by atoms with van der Waals surface area (Å²) in [7, 11) is -2.33. The lowest BCUT2D eigenvalue weighted by Gasteiger charge is -2.41. The van der Waals surface area contributed by atoms with Crippen LogP contribution in [0, 0.1) is 0 Å². The van der Waals surface area contributed by atoms with Gasteiger partial charge in [0.15, 0.2) is 0 Å². The number of nitrogens with two attached hydrogens (primary N) is 1. The van der Waals surface area contributed by atoms with Gasteiger partial charge in [-0.3, -0.25) is 9.11 Å². The van der Waals surface area contributed by atoms with Crippen molar-refractivity contribution in [1.82, 2.24) is 4.98 Å². The van der Waals surface area contributed by atoms with Crippen molar-refractivity contribution in [1.29, 1.82) is 0 Å². The van der Waals surface area contributed by atoms with Crippen LogP contribution in [0.4, 0.5) is 11.5 Å². The third kappa shape index (κ3) is 2.53. The minimum absolute atomic E-state index is 0.430. The van der Waals surface area contributed by atoms with Crippen LogP contribution < -0.4 is 10.6 Å². The highest BCUT2D eigenvalue weighted by Crippen LogP contribution is 2.40. The molecule has 0 aliphatic carbocycles. The molecular weight excluding hydrogens is 214 g/mol. The third-order valence-electron chi connectivity index (χ3n) is 2.47. The van der Waals surface area contributed by atoms with E-state index in [0.29, 0.717) is 30.3 Å². The van der Waals surface area contributed by atoms with Crippen molar-refractivity contribution in [2.45, 2.75) is 0 Å². The molecule has 1 aromatic heterocycles. The molecule has 1 aliphatic rings. The summed E-state index contributed by atoms with van der Waals surface area (Å²) in [5.41, 5.74) is 6.18. The molecule has 2 heterocycles. The molecule has 0 aromatic carbocycles. The van der Waals surface area contributed by atoms with Crippen molar-refractivity contribution in [2.75, 3.05) is 35.2 Å². The van der Waals surface area contributed by atoms with Gasteiger partial charge in [0.2, 0.25) is 0 Å². The van der Waals surface area contributed by atoms with E-state index in [0.717, 1.165) is 5.82 Å². The van der Waals surface area contributed by atoms with Crippen molar-refractivity contribution in [3.63, 3.8) is 0 Å². The zero-order valence-electron chi connectivity index (χ0n) is 8.33. The van der Waals surface area contributed by atoms with E-state index in [1.54, 1.807) is 12.3 Å². The predicted octanol–water partition coefficient (Wildman–Crippen LogP) is 1.23. The molecule has 0 saturated carbocycles. The van der Waals surface area contributed by atoms with Crippen LogP contribution in [0.1, 0.15) is 0 Å². The summed E-state index contributed by atoms with van der Waals surface area (Å²) >= 11 is 0. The highest BCUT2D eigenvalue weighted by Gasteiger charge is 2.22. The monoisotopic (exact) mass is 229 g/mol. The molecule has 0 radical (unpaired) electrons. The van der Waals surface area contributed by atoms with E-state index in [1.807, 2.05) is 11.0 Å². The normalized spacial score (nSPS) is 22.4. The first kappa shape index (κ1) is 10.5. The number of pyridine rings is 1. The largest absolute Gasteiger partial charge is 0.397 e. The van der Waals surface area contributed by atoms with Gasteiger partial charge in [-0.25, -0.2) is 4.98 Å². The second-order valence-corrected chi connectivity index (χ2v) is 6.07. The maximum atomic E-state index is 9.46. The van der Waals surface area contributed by atoms with E-state index in [1.165, 1.54) is 0 Å². The lowest BCUT2D eigenvalue weighted by Crippen LogP contribution is -2.38. The third-order valence-corrected chi connectivity index (χ3v) is 4.14. The lowest BCUT2D eigenvalue weighted by atomic mass is 10.4. The molecule has 1 fully saturated rings. The number of rotatable bonds is 1. The molecule has 0 amide bonds. The fraction of sp³-hybridized carbons (Fsp3) is 0.444. The van der Waals surface area contributed by atoms with Crippen LogP contribution >= 0.6 is 10.6 Å². The van der Waals surface area contributed by atoms with Gasteiger partial charge in [-0.05, 0) is 12.1 Å². The van der Waals surface area contributed by atoms with Gasteiger partial charge in [0.25, 0.3) is 0 Å². The lowest BCUT2D eigenvalue weighted by molar-refractivity contribution is 0.479. The fourth-order valence-electron chi connectivity index (χ4n) is 1.54. The number of aromatic nitrogens is 1. The average molecular weight is 229 g/mol. The quantitative estimate of drug-likeness (QED) is 0.674. The minimum Gasteiger partial charge on any atom is -0.397 e. The Balaban J connectivity index is 2.04. The van der Waals surface area contributed by atoms with Crippen LogP contribution in [-0.2, 0) is 0 Å². The molecule has 1 aliphatic heterocycles. The van der Waals surface area contributed by atoms with Gasteiger partial charge in [0, 0.05) is 13.1 Å². The Morgan fingerprint density at radius 1 is 1.27 bits per heavy atom. The van der Waals surface area contributed by atoms with E-state index in [4.69, 9.17) is 5.73 Å². The molecule has 84 valence electrons. The first-order valence-corrected chi connectivity index (χ1v) is 6.65. The number of hydrogen-bond acceptors (Lipinski definition) is 5. The zero-order valence-corrected chi connectivity index (χ0v) is 9.15. The van der Waals surface area contributed by atoms with Gasteiger partial charge in [0.1, 0.15) is 5.82 Å². The molecule has 0 atom stereocenters. The molecule has 2 rings (SSSR count). The van der Waals surface area contributed by atoms with E-state index >= 15 is 0 Å². The van der Waals surface area contributed by atoms with Gasteiger partial charge in [-0.1, -0.05) is 0 Å². The Hall–Kier alpha value is -0.980. The topological polar surface area (TPSA) is 82.6 Å². The summed E-state index contributed by atoms with van der Waals surface area (Å²) in [5, 5.41) is 0. The molecule has 6 heteroatoms. The minimum atomic E-state index is -2.33. The molecule has 1 aromatic rings. The van der Waals surface area contributed by atoms with Crippen molar-refractivity contribution >= 4 is 22.1 Å². The Bertz CT molecular complexity index is 332.